The van der Waals surface area contributed by atoms with Gasteiger partial charge in [0.05, 0.1) is 6.10 Å². The van der Waals surface area contributed by atoms with Crippen LogP contribution in [0.2, 0.25) is 0 Å². The molecule has 0 aromatic heterocycles. The Hall–Kier alpha value is -0.860. The van der Waals surface area contributed by atoms with Crippen LogP contribution in [0.3, 0.4) is 0 Å². The maximum Gasteiger partial charge on any atom is 0.0795 e. The standard InChI is InChI=1S/C9H10O.C3H9N/c10-9-6-5-7-3-1-2-4-8(7)9;1-4(2)3/h1-4,9-10H,5-6H2;1-3H3. The molecule has 2 rings (SSSR count). The van der Waals surface area contributed by atoms with E-state index in [1.165, 1.54) is 5.56 Å². The first kappa shape index (κ1) is 11.2. The fourth-order valence-corrected chi connectivity index (χ4v) is 1.53. The fraction of sp³-hybridized carbons (Fsp3) is 0.500. The van der Waals surface area contributed by atoms with E-state index in [0.717, 1.165) is 18.4 Å². The number of nitrogens with zero attached hydrogens (tertiary/aromatic N) is 1. The second-order valence-electron chi connectivity index (χ2n) is 4.09. The van der Waals surface area contributed by atoms with Gasteiger partial charge in [-0.2, -0.15) is 0 Å². The summed E-state index contributed by atoms with van der Waals surface area (Å²) in [5, 5.41) is 9.38. The van der Waals surface area contributed by atoms with Crippen LogP contribution in [-0.4, -0.2) is 31.1 Å². The topological polar surface area (TPSA) is 23.5 Å². The third kappa shape index (κ3) is 3.13. The van der Waals surface area contributed by atoms with E-state index in [1.54, 1.807) is 0 Å². The van der Waals surface area contributed by atoms with Gasteiger partial charge >= 0.3 is 0 Å². The van der Waals surface area contributed by atoms with Crippen LogP contribution >= 0.6 is 0 Å². The van der Waals surface area contributed by atoms with Gasteiger partial charge in [-0.1, -0.05) is 24.3 Å². The molecule has 2 heteroatoms. The smallest absolute Gasteiger partial charge is 0.0795 e. The van der Waals surface area contributed by atoms with Gasteiger partial charge in [0, 0.05) is 0 Å². The van der Waals surface area contributed by atoms with Crippen molar-refractivity contribution in [3.05, 3.63) is 35.4 Å². The number of aliphatic hydroxyl groups is 1. The van der Waals surface area contributed by atoms with Gasteiger partial charge in [0.2, 0.25) is 0 Å². The molecule has 0 saturated heterocycles. The zero-order chi connectivity index (χ0) is 10.6. The first-order chi connectivity index (χ1) is 6.61. The third-order valence-corrected chi connectivity index (χ3v) is 2.10. The summed E-state index contributed by atoms with van der Waals surface area (Å²) in [6.07, 6.45) is 1.74. The van der Waals surface area contributed by atoms with E-state index in [9.17, 15) is 5.11 Å². The summed E-state index contributed by atoms with van der Waals surface area (Å²) >= 11 is 0. The Morgan fingerprint density at radius 1 is 1.21 bits per heavy atom. The second kappa shape index (κ2) is 5.13. The number of aryl methyl sites for hydroxylation is 1. The average molecular weight is 193 g/mol. The van der Waals surface area contributed by atoms with Gasteiger partial charge in [0.15, 0.2) is 0 Å². The number of rotatable bonds is 0. The molecule has 0 saturated carbocycles. The summed E-state index contributed by atoms with van der Waals surface area (Å²) in [6, 6.07) is 8.10. The van der Waals surface area contributed by atoms with Crippen molar-refractivity contribution >= 4 is 0 Å². The van der Waals surface area contributed by atoms with Crippen LogP contribution in [-0.2, 0) is 6.42 Å². The van der Waals surface area contributed by atoms with Crippen molar-refractivity contribution in [3.63, 3.8) is 0 Å². The Bertz CT molecular complexity index is 281. The van der Waals surface area contributed by atoms with Crippen molar-refractivity contribution in [1.29, 1.82) is 0 Å². The zero-order valence-corrected chi connectivity index (χ0v) is 9.20. The predicted octanol–water partition coefficient (Wildman–Crippen LogP) is 1.84. The van der Waals surface area contributed by atoms with Gasteiger partial charge < -0.3 is 10.0 Å². The quantitative estimate of drug-likeness (QED) is 0.679. The van der Waals surface area contributed by atoms with Crippen LogP contribution < -0.4 is 0 Å². The number of hydrogen-bond acceptors (Lipinski definition) is 2. The Kier molecular flexibility index (Phi) is 4.11. The molecule has 0 fully saturated rings. The molecule has 2 nitrogen and oxygen atoms in total. The molecule has 78 valence electrons. The highest BCUT2D eigenvalue weighted by atomic mass is 16.3. The highest BCUT2D eigenvalue weighted by molar-refractivity contribution is 5.32. The second-order valence-corrected chi connectivity index (χ2v) is 4.09. The Labute approximate surface area is 86.2 Å². The Morgan fingerprint density at radius 3 is 2.36 bits per heavy atom. The van der Waals surface area contributed by atoms with Crippen LogP contribution in [0.15, 0.2) is 24.3 Å². The minimum atomic E-state index is -0.198. The van der Waals surface area contributed by atoms with Gasteiger partial charge in [-0.15, -0.1) is 0 Å². The molecule has 1 atom stereocenters. The van der Waals surface area contributed by atoms with E-state index in [-0.39, 0.29) is 6.10 Å². The Balaban J connectivity index is 0.000000213. The summed E-state index contributed by atoms with van der Waals surface area (Å²) in [4.78, 5) is 2.00. The first-order valence-corrected chi connectivity index (χ1v) is 4.98. The lowest BCUT2D eigenvalue weighted by Crippen LogP contribution is -1.99. The molecule has 0 amide bonds. The molecule has 0 radical (unpaired) electrons. The van der Waals surface area contributed by atoms with Crippen molar-refractivity contribution in [2.24, 2.45) is 0 Å². The Morgan fingerprint density at radius 2 is 1.79 bits per heavy atom. The van der Waals surface area contributed by atoms with Crippen molar-refractivity contribution in [2.45, 2.75) is 18.9 Å². The van der Waals surface area contributed by atoms with Crippen molar-refractivity contribution in [1.82, 2.24) is 4.90 Å². The molecule has 1 unspecified atom stereocenters. The molecule has 0 bridgehead atoms. The van der Waals surface area contributed by atoms with E-state index in [4.69, 9.17) is 0 Å². The van der Waals surface area contributed by atoms with Gasteiger partial charge in [-0.05, 0) is 45.1 Å². The first-order valence-electron chi connectivity index (χ1n) is 4.98. The van der Waals surface area contributed by atoms with E-state index < -0.39 is 0 Å². The number of fused-ring (bicyclic) bond motifs is 1. The number of benzene rings is 1. The third-order valence-electron chi connectivity index (χ3n) is 2.10. The van der Waals surface area contributed by atoms with Crippen LogP contribution in [0.25, 0.3) is 0 Å². The van der Waals surface area contributed by atoms with Gasteiger partial charge in [0.25, 0.3) is 0 Å². The highest BCUT2D eigenvalue weighted by Gasteiger charge is 2.18. The summed E-state index contributed by atoms with van der Waals surface area (Å²) < 4.78 is 0. The van der Waals surface area contributed by atoms with E-state index in [0.29, 0.717) is 0 Å². The summed E-state index contributed by atoms with van der Waals surface area (Å²) in [7, 11) is 6.00. The molecule has 14 heavy (non-hydrogen) atoms. The molecule has 1 aliphatic rings. The summed E-state index contributed by atoms with van der Waals surface area (Å²) in [6.45, 7) is 0. The van der Waals surface area contributed by atoms with E-state index >= 15 is 0 Å². The van der Waals surface area contributed by atoms with Gasteiger partial charge in [0.1, 0.15) is 0 Å². The maximum absolute atomic E-state index is 9.38. The lowest BCUT2D eigenvalue weighted by atomic mass is 10.1. The molecule has 0 aliphatic heterocycles. The molecule has 0 heterocycles. The average Bonchev–Trinajstić information content (AvgIpc) is 2.48. The number of hydrogen-bond donors (Lipinski definition) is 1. The van der Waals surface area contributed by atoms with E-state index in [1.807, 2.05) is 44.2 Å². The highest BCUT2D eigenvalue weighted by Crippen LogP contribution is 2.29. The lowest BCUT2D eigenvalue weighted by molar-refractivity contribution is 0.180. The summed E-state index contributed by atoms with van der Waals surface area (Å²) in [5.41, 5.74) is 2.44. The number of aliphatic hydroxyl groups excluding tert-OH is 1. The fourth-order valence-electron chi connectivity index (χ4n) is 1.53. The summed E-state index contributed by atoms with van der Waals surface area (Å²) in [5.74, 6) is 0. The van der Waals surface area contributed by atoms with Crippen LogP contribution in [0, 0.1) is 0 Å². The SMILES string of the molecule is CN(C)C.OC1CCc2ccccc21. The van der Waals surface area contributed by atoms with Gasteiger partial charge in [-0.25, -0.2) is 0 Å². The van der Waals surface area contributed by atoms with Crippen molar-refractivity contribution in [2.75, 3.05) is 21.1 Å². The zero-order valence-electron chi connectivity index (χ0n) is 9.20. The normalized spacial score (nSPS) is 18.8. The minimum absolute atomic E-state index is 0.198. The molecule has 1 N–H and O–H groups in total. The van der Waals surface area contributed by atoms with Crippen LogP contribution in [0.5, 0.6) is 0 Å². The monoisotopic (exact) mass is 193 g/mol. The van der Waals surface area contributed by atoms with Gasteiger partial charge in [-0.3, -0.25) is 0 Å². The molecular formula is C12H19NO. The van der Waals surface area contributed by atoms with Crippen molar-refractivity contribution in [3.8, 4) is 0 Å². The van der Waals surface area contributed by atoms with Crippen LogP contribution in [0.1, 0.15) is 23.7 Å². The largest absolute Gasteiger partial charge is 0.388 e. The van der Waals surface area contributed by atoms with E-state index in [2.05, 4.69) is 6.07 Å². The molecule has 1 aliphatic carbocycles. The predicted molar refractivity (Wildman–Crippen MR) is 59.3 cm³/mol. The lowest BCUT2D eigenvalue weighted by Gasteiger charge is -2.00. The minimum Gasteiger partial charge on any atom is -0.388 e. The van der Waals surface area contributed by atoms with Crippen molar-refractivity contribution < 1.29 is 5.11 Å². The molecule has 1 aromatic rings. The molecular weight excluding hydrogens is 174 g/mol. The van der Waals surface area contributed by atoms with Crippen LogP contribution in [0.4, 0.5) is 0 Å². The molecule has 1 aromatic carbocycles. The molecule has 0 spiro atoms. The maximum atomic E-state index is 9.38.